The third-order valence-electron chi connectivity index (χ3n) is 2.63. The fourth-order valence-corrected chi connectivity index (χ4v) is 1.60. The van der Waals surface area contributed by atoms with E-state index in [1.54, 1.807) is 0 Å². The third kappa shape index (κ3) is 3.77. The maximum absolute atomic E-state index is 11.7. The molecule has 1 atom stereocenters. The van der Waals surface area contributed by atoms with E-state index in [1.165, 1.54) is 0 Å². The van der Waals surface area contributed by atoms with Crippen LogP contribution in [0.1, 0.15) is 31.4 Å². The van der Waals surface area contributed by atoms with E-state index in [2.05, 4.69) is 5.32 Å². The van der Waals surface area contributed by atoms with Crippen molar-refractivity contribution < 1.29 is 9.53 Å². The van der Waals surface area contributed by atoms with Gasteiger partial charge in [-0.25, -0.2) is 0 Å². The Hall–Kier alpha value is -1.51. The van der Waals surface area contributed by atoms with Crippen molar-refractivity contribution in [1.29, 1.82) is 0 Å². The zero-order chi connectivity index (χ0) is 12.8. The van der Waals surface area contributed by atoms with Crippen LogP contribution in [0, 0.1) is 13.8 Å². The van der Waals surface area contributed by atoms with Crippen LogP contribution in [0.2, 0.25) is 0 Å². The Morgan fingerprint density at radius 2 is 2.06 bits per heavy atom. The first kappa shape index (κ1) is 13.6. The van der Waals surface area contributed by atoms with Gasteiger partial charge >= 0.3 is 0 Å². The zero-order valence-electron chi connectivity index (χ0n) is 11.0. The van der Waals surface area contributed by atoms with E-state index in [9.17, 15) is 4.79 Å². The number of nitrogens with one attached hydrogen (secondary N) is 1. The van der Waals surface area contributed by atoms with E-state index in [-0.39, 0.29) is 5.91 Å². The fraction of sp³-hybridized carbons (Fsp3) is 0.500. The van der Waals surface area contributed by atoms with Gasteiger partial charge in [0.05, 0.1) is 0 Å². The van der Waals surface area contributed by atoms with Crippen molar-refractivity contribution in [3.05, 3.63) is 29.3 Å². The van der Waals surface area contributed by atoms with Crippen LogP contribution in [0.25, 0.3) is 0 Å². The van der Waals surface area contributed by atoms with Crippen LogP contribution in [0.5, 0.6) is 5.75 Å². The van der Waals surface area contributed by atoms with E-state index < -0.39 is 6.10 Å². The van der Waals surface area contributed by atoms with Crippen molar-refractivity contribution in [2.75, 3.05) is 6.54 Å². The molecule has 0 saturated carbocycles. The fourth-order valence-electron chi connectivity index (χ4n) is 1.60. The highest BCUT2D eigenvalue weighted by Crippen LogP contribution is 2.21. The molecule has 3 heteroatoms. The summed E-state index contributed by atoms with van der Waals surface area (Å²) < 4.78 is 5.78. The van der Waals surface area contributed by atoms with Gasteiger partial charge in [-0.05, 0) is 44.4 Å². The molecular weight excluding hydrogens is 214 g/mol. The molecule has 0 saturated heterocycles. The Bertz CT molecular complexity index is 388. The van der Waals surface area contributed by atoms with Crippen molar-refractivity contribution >= 4 is 5.91 Å². The van der Waals surface area contributed by atoms with E-state index in [1.807, 2.05) is 45.9 Å². The van der Waals surface area contributed by atoms with E-state index in [4.69, 9.17) is 4.74 Å². The van der Waals surface area contributed by atoms with E-state index in [0.717, 1.165) is 16.9 Å². The molecule has 1 rings (SSSR count). The lowest BCUT2D eigenvalue weighted by Gasteiger charge is -2.18. The van der Waals surface area contributed by atoms with Crippen LogP contribution in [0.15, 0.2) is 18.2 Å². The van der Waals surface area contributed by atoms with Crippen LogP contribution in [0.4, 0.5) is 0 Å². The predicted octanol–water partition coefficient (Wildman–Crippen LogP) is 2.60. The van der Waals surface area contributed by atoms with Gasteiger partial charge in [0.1, 0.15) is 5.75 Å². The summed E-state index contributed by atoms with van der Waals surface area (Å²) in [7, 11) is 0. The highest BCUT2D eigenvalue weighted by Gasteiger charge is 2.18. The number of likely N-dealkylation sites (N-methyl/N-ethyl adjacent to an activating group) is 1. The SMILES string of the molecule is CCNC(=O)[C@@H](CC)Oc1cc(C)ccc1C. The standard InChI is InChI=1S/C14H21NO2/c1-5-12(14(16)15-6-2)17-13-9-10(3)7-8-11(13)4/h7-9,12H,5-6H2,1-4H3,(H,15,16)/t12-/m1/s1. The lowest BCUT2D eigenvalue weighted by molar-refractivity contribution is -0.128. The molecule has 17 heavy (non-hydrogen) atoms. The zero-order valence-corrected chi connectivity index (χ0v) is 11.0. The molecule has 0 heterocycles. The Labute approximate surface area is 103 Å². The van der Waals surface area contributed by atoms with Crippen LogP contribution in [-0.2, 0) is 4.79 Å². The van der Waals surface area contributed by atoms with Crippen molar-refractivity contribution in [3.63, 3.8) is 0 Å². The first-order chi connectivity index (χ1) is 8.08. The first-order valence-corrected chi connectivity index (χ1v) is 6.10. The summed E-state index contributed by atoms with van der Waals surface area (Å²) in [5.41, 5.74) is 2.19. The minimum Gasteiger partial charge on any atom is -0.480 e. The van der Waals surface area contributed by atoms with Gasteiger partial charge in [-0.1, -0.05) is 19.1 Å². The molecule has 1 aromatic rings. The first-order valence-electron chi connectivity index (χ1n) is 6.10. The normalized spacial score (nSPS) is 12.0. The number of carbonyl (C=O) groups excluding carboxylic acids is 1. The summed E-state index contributed by atoms with van der Waals surface area (Å²) >= 11 is 0. The van der Waals surface area contributed by atoms with Gasteiger partial charge in [0.2, 0.25) is 0 Å². The molecular formula is C14H21NO2. The molecule has 3 nitrogen and oxygen atoms in total. The largest absolute Gasteiger partial charge is 0.480 e. The highest BCUT2D eigenvalue weighted by molar-refractivity contribution is 5.81. The molecule has 0 aliphatic carbocycles. The molecule has 1 aromatic carbocycles. The molecule has 1 amide bonds. The van der Waals surface area contributed by atoms with Gasteiger partial charge in [0, 0.05) is 6.54 Å². The van der Waals surface area contributed by atoms with Crippen molar-refractivity contribution in [3.8, 4) is 5.75 Å². The molecule has 0 aliphatic rings. The van der Waals surface area contributed by atoms with Gasteiger partial charge < -0.3 is 10.1 Å². The van der Waals surface area contributed by atoms with Crippen molar-refractivity contribution in [2.45, 2.75) is 40.2 Å². The number of amides is 1. The second-order valence-corrected chi connectivity index (χ2v) is 4.18. The number of benzene rings is 1. The summed E-state index contributed by atoms with van der Waals surface area (Å²) in [6, 6.07) is 6.02. The van der Waals surface area contributed by atoms with Gasteiger partial charge in [-0.3, -0.25) is 4.79 Å². The molecule has 0 bridgehead atoms. The number of hydrogen-bond acceptors (Lipinski definition) is 2. The van der Waals surface area contributed by atoms with Crippen molar-refractivity contribution in [1.82, 2.24) is 5.32 Å². The minimum atomic E-state index is -0.407. The lowest BCUT2D eigenvalue weighted by Crippen LogP contribution is -2.37. The van der Waals surface area contributed by atoms with Gasteiger partial charge in [-0.15, -0.1) is 0 Å². The maximum atomic E-state index is 11.7. The Kier molecular flexibility index (Phi) is 5.01. The quantitative estimate of drug-likeness (QED) is 0.852. The number of carbonyl (C=O) groups is 1. The van der Waals surface area contributed by atoms with E-state index in [0.29, 0.717) is 13.0 Å². The molecule has 0 aliphatic heterocycles. The number of aryl methyl sites for hydroxylation is 2. The van der Waals surface area contributed by atoms with Crippen LogP contribution < -0.4 is 10.1 Å². The average Bonchev–Trinajstić information content (AvgIpc) is 2.30. The number of ether oxygens (including phenoxy) is 1. The maximum Gasteiger partial charge on any atom is 0.261 e. The predicted molar refractivity (Wildman–Crippen MR) is 69.3 cm³/mol. The topological polar surface area (TPSA) is 38.3 Å². The Balaban J connectivity index is 2.80. The smallest absolute Gasteiger partial charge is 0.261 e. The van der Waals surface area contributed by atoms with Gasteiger partial charge in [0.15, 0.2) is 6.10 Å². The minimum absolute atomic E-state index is 0.0455. The van der Waals surface area contributed by atoms with Crippen LogP contribution in [-0.4, -0.2) is 18.6 Å². The van der Waals surface area contributed by atoms with Gasteiger partial charge in [-0.2, -0.15) is 0 Å². The summed E-state index contributed by atoms with van der Waals surface area (Å²) in [6.07, 6.45) is 0.259. The number of hydrogen-bond donors (Lipinski definition) is 1. The monoisotopic (exact) mass is 235 g/mol. The van der Waals surface area contributed by atoms with E-state index >= 15 is 0 Å². The third-order valence-corrected chi connectivity index (χ3v) is 2.63. The summed E-state index contributed by atoms with van der Waals surface area (Å²) in [5.74, 6) is 0.749. The summed E-state index contributed by atoms with van der Waals surface area (Å²) in [4.78, 5) is 11.7. The molecule has 0 fully saturated rings. The molecule has 1 N–H and O–H groups in total. The second-order valence-electron chi connectivity index (χ2n) is 4.18. The van der Waals surface area contributed by atoms with Crippen LogP contribution >= 0.6 is 0 Å². The highest BCUT2D eigenvalue weighted by atomic mass is 16.5. The Morgan fingerprint density at radius 1 is 1.35 bits per heavy atom. The summed E-state index contributed by atoms with van der Waals surface area (Å²) in [6.45, 7) is 8.48. The van der Waals surface area contributed by atoms with Crippen LogP contribution in [0.3, 0.4) is 0 Å². The van der Waals surface area contributed by atoms with Gasteiger partial charge in [0.25, 0.3) is 5.91 Å². The lowest BCUT2D eigenvalue weighted by atomic mass is 10.1. The number of rotatable bonds is 5. The second kappa shape index (κ2) is 6.28. The Morgan fingerprint density at radius 3 is 2.65 bits per heavy atom. The average molecular weight is 235 g/mol. The molecule has 0 unspecified atom stereocenters. The molecule has 0 radical (unpaired) electrons. The molecule has 0 spiro atoms. The summed E-state index contributed by atoms with van der Waals surface area (Å²) in [5, 5.41) is 2.79. The molecule has 94 valence electrons. The van der Waals surface area contributed by atoms with Crippen molar-refractivity contribution in [2.24, 2.45) is 0 Å². The molecule has 0 aromatic heterocycles.